The lowest BCUT2D eigenvalue weighted by Gasteiger charge is -2.17. The van der Waals surface area contributed by atoms with Crippen LogP contribution in [0.25, 0.3) is 0 Å². The molecule has 0 fully saturated rings. The molecule has 2 aromatic rings. The number of fused-ring (bicyclic) bond motifs is 1. The maximum atomic E-state index is 13.6. The Morgan fingerprint density at radius 2 is 2.15 bits per heavy atom. The second-order valence-electron chi connectivity index (χ2n) is 6.85. The number of aryl methyl sites for hydroxylation is 2. The van der Waals surface area contributed by atoms with Crippen molar-refractivity contribution < 1.29 is 9.18 Å². The number of hydrogen-bond donors (Lipinski definition) is 1. The van der Waals surface area contributed by atoms with Gasteiger partial charge in [0, 0.05) is 26.1 Å². The zero-order valence-corrected chi connectivity index (χ0v) is 15.4. The highest BCUT2D eigenvalue weighted by Gasteiger charge is 2.16. The van der Waals surface area contributed by atoms with E-state index in [2.05, 4.69) is 33.0 Å². The summed E-state index contributed by atoms with van der Waals surface area (Å²) in [5.41, 5.74) is 2.68. The molecule has 2 heterocycles. The van der Waals surface area contributed by atoms with E-state index in [-0.39, 0.29) is 18.1 Å². The van der Waals surface area contributed by atoms with Crippen LogP contribution in [0.15, 0.2) is 30.3 Å². The number of benzene rings is 1. The molecular formula is C20H27FN4O. The predicted octanol–water partition coefficient (Wildman–Crippen LogP) is 2.89. The van der Waals surface area contributed by atoms with E-state index >= 15 is 0 Å². The summed E-state index contributed by atoms with van der Waals surface area (Å²) in [7, 11) is 0. The van der Waals surface area contributed by atoms with E-state index in [4.69, 9.17) is 0 Å². The van der Waals surface area contributed by atoms with Gasteiger partial charge in [-0.15, -0.1) is 0 Å². The van der Waals surface area contributed by atoms with Crippen LogP contribution in [-0.2, 0) is 30.8 Å². The number of nitrogens with one attached hydrogen (secondary N) is 1. The summed E-state index contributed by atoms with van der Waals surface area (Å²) in [6.45, 7) is 6.68. The molecular weight excluding hydrogens is 331 g/mol. The summed E-state index contributed by atoms with van der Waals surface area (Å²) >= 11 is 0. The average molecular weight is 358 g/mol. The quantitative estimate of drug-likeness (QED) is 0.828. The average Bonchev–Trinajstić information content (AvgIpc) is 2.91. The molecule has 0 bridgehead atoms. The third-order valence-corrected chi connectivity index (χ3v) is 4.73. The van der Waals surface area contributed by atoms with Gasteiger partial charge in [0.1, 0.15) is 5.82 Å². The normalized spacial score (nSPS) is 14.7. The highest BCUT2D eigenvalue weighted by molar-refractivity contribution is 5.76. The van der Waals surface area contributed by atoms with Crippen LogP contribution < -0.4 is 5.32 Å². The Balaban J connectivity index is 1.50. The van der Waals surface area contributed by atoms with E-state index in [1.165, 1.54) is 11.8 Å². The van der Waals surface area contributed by atoms with Crippen LogP contribution in [0.4, 0.5) is 4.39 Å². The maximum absolute atomic E-state index is 13.6. The molecule has 5 nitrogen and oxygen atoms in total. The maximum Gasteiger partial charge on any atom is 0.220 e. The van der Waals surface area contributed by atoms with Crippen LogP contribution in [0.1, 0.15) is 43.1 Å². The molecule has 0 radical (unpaired) electrons. The first kappa shape index (κ1) is 18.6. The van der Waals surface area contributed by atoms with Gasteiger partial charge in [0.15, 0.2) is 0 Å². The summed E-state index contributed by atoms with van der Waals surface area (Å²) in [6, 6.07) is 8.68. The minimum absolute atomic E-state index is 0.0796. The fraction of sp³-hybridized carbons (Fsp3) is 0.500. The summed E-state index contributed by atoms with van der Waals surface area (Å²) < 4.78 is 15.7. The Hall–Kier alpha value is -2.21. The Bertz CT molecular complexity index is 743. The molecule has 1 amide bonds. The second kappa shape index (κ2) is 8.94. The summed E-state index contributed by atoms with van der Waals surface area (Å²) in [5, 5.41) is 7.52. The van der Waals surface area contributed by atoms with Crippen LogP contribution in [0.3, 0.4) is 0 Å². The first-order chi connectivity index (χ1) is 12.7. The first-order valence-electron chi connectivity index (χ1n) is 9.43. The van der Waals surface area contributed by atoms with E-state index in [1.807, 2.05) is 0 Å². The van der Waals surface area contributed by atoms with Gasteiger partial charge >= 0.3 is 0 Å². The van der Waals surface area contributed by atoms with Crippen molar-refractivity contribution in [2.24, 2.45) is 0 Å². The zero-order chi connectivity index (χ0) is 18.4. The van der Waals surface area contributed by atoms with E-state index in [9.17, 15) is 9.18 Å². The van der Waals surface area contributed by atoms with Crippen LogP contribution in [-0.4, -0.2) is 33.7 Å². The lowest BCUT2D eigenvalue weighted by atomic mass is 10.1. The Morgan fingerprint density at radius 3 is 2.96 bits per heavy atom. The zero-order valence-electron chi connectivity index (χ0n) is 15.4. The largest absolute Gasteiger partial charge is 0.350 e. The van der Waals surface area contributed by atoms with Gasteiger partial charge in [-0.25, -0.2) is 4.39 Å². The number of aromatic nitrogens is 2. The monoisotopic (exact) mass is 358 g/mol. The van der Waals surface area contributed by atoms with E-state index in [0.29, 0.717) is 18.5 Å². The second-order valence-corrected chi connectivity index (χ2v) is 6.85. The highest BCUT2D eigenvalue weighted by atomic mass is 19.1. The topological polar surface area (TPSA) is 50.2 Å². The minimum Gasteiger partial charge on any atom is -0.350 e. The van der Waals surface area contributed by atoms with Crippen molar-refractivity contribution in [3.8, 4) is 0 Å². The van der Waals surface area contributed by atoms with Gasteiger partial charge in [-0.05, 0) is 43.5 Å². The molecule has 0 unspecified atom stereocenters. The van der Waals surface area contributed by atoms with E-state index in [0.717, 1.165) is 44.7 Å². The smallest absolute Gasteiger partial charge is 0.220 e. The SMILES string of the molecule is CCCN1CCCn2nc(CNC(=O)CCc3ccccc3F)cc2C1. The Labute approximate surface area is 154 Å². The van der Waals surface area contributed by atoms with E-state index < -0.39 is 0 Å². The van der Waals surface area contributed by atoms with Crippen LogP contribution in [0.5, 0.6) is 0 Å². The van der Waals surface area contributed by atoms with Gasteiger partial charge in [0.2, 0.25) is 5.91 Å². The summed E-state index contributed by atoms with van der Waals surface area (Å²) in [6.07, 6.45) is 2.94. The predicted molar refractivity (Wildman–Crippen MR) is 99.0 cm³/mol. The molecule has 0 atom stereocenters. The summed E-state index contributed by atoms with van der Waals surface area (Å²) in [5.74, 6) is -0.334. The van der Waals surface area contributed by atoms with Crippen molar-refractivity contribution >= 4 is 5.91 Å². The molecule has 1 aromatic heterocycles. The third-order valence-electron chi connectivity index (χ3n) is 4.73. The lowest BCUT2D eigenvalue weighted by molar-refractivity contribution is -0.121. The highest BCUT2D eigenvalue weighted by Crippen LogP contribution is 2.14. The van der Waals surface area contributed by atoms with Crippen molar-refractivity contribution in [2.45, 2.75) is 52.2 Å². The molecule has 0 saturated heterocycles. The standard InChI is InChI=1S/C20H27FN4O/c1-2-10-24-11-5-12-25-18(15-24)13-17(23-25)14-22-20(26)9-8-16-6-3-4-7-19(16)21/h3-4,6-7,13H,2,5,8-12,14-15H2,1H3,(H,22,26). The lowest BCUT2D eigenvalue weighted by Crippen LogP contribution is -2.24. The number of rotatable bonds is 7. The third kappa shape index (κ3) is 4.91. The molecule has 140 valence electrons. The molecule has 1 aliphatic heterocycles. The molecule has 1 aliphatic rings. The van der Waals surface area contributed by atoms with Crippen LogP contribution >= 0.6 is 0 Å². The molecule has 0 aliphatic carbocycles. The van der Waals surface area contributed by atoms with Gasteiger partial charge in [0.25, 0.3) is 0 Å². The molecule has 1 aromatic carbocycles. The van der Waals surface area contributed by atoms with Crippen molar-refractivity contribution in [1.82, 2.24) is 20.0 Å². The Kier molecular flexibility index (Phi) is 6.39. The molecule has 0 saturated carbocycles. The number of amides is 1. The van der Waals surface area contributed by atoms with Crippen LogP contribution in [0, 0.1) is 5.82 Å². The van der Waals surface area contributed by atoms with Gasteiger partial charge in [-0.1, -0.05) is 25.1 Å². The minimum atomic E-state index is -0.255. The van der Waals surface area contributed by atoms with Crippen molar-refractivity contribution in [3.63, 3.8) is 0 Å². The number of carbonyl (C=O) groups excluding carboxylic acids is 1. The van der Waals surface area contributed by atoms with Crippen LogP contribution in [0.2, 0.25) is 0 Å². The fourth-order valence-electron chi connectivity index (χ4n) is 3.41. The summed E-state index contributed by atoms with van der Waals surface area (Å²) in [4.78, 5) is 14.5. The molecule has 0 spiro atoms. The van der Waals surface area contributed by atoms with Gasteiger partial charge in [-0.2, -0.15) is 5.10 Å². The van der Waals surface area contributed by atoms with Crippen molar-refractivity contribution in [1.29, 1.82) is 0 Å². The van der Waals surface area contributed by atoms with Gasteiger partial charge in [0.05, 0.1) is 17.9 Å². The number of hydrogen-bond acceptors (Lipinski definition) is 3. The number of nitrogens with zero attached hydrogens (tertiary/aromatic N) is 3. The molecule has 6 heteroatoms. The van der Waals surface area contributed by atoms with Crippen molar-refractivity contribution in [2.75, 3.05) is 13.1 Å². The molecule has 3 rings (SSSR count). The molecule has 26 heavy (non-hydrogen) atoms. The Morgan fingerprint density at radius 1 is 1.31 bits per heavy atom. The first-order valence-corrected chi connectivity index (χ1v) is 9.43. The molecule has 1 N–H and O–H groups in total. The fourth-order valence-corrected chi connectivity index (χ4v) is 3.41. The number of carbonyl (C=O) groups is 1. The number of halogens is 1. The van der Waals surface area contributed by atoms with E-state index in [1.54, 1.807) is 18.2 Å². The van der Waals surface area contributed by atoms with Crippen molar-refractivity contribution in [3.05, 3.63) is 53.1 Å². The van der Waals surface area contributed by atoms with Gasteiger partial charge < -0.3 is 5.32 Å². The van der Waals surface area contributed by atoms with Gasteiger partial charge in [-0.3, -0.25) is 14.4 Å².